The average molecular weight is 628 g/mol. The van der Waals surface area contributed by atoms with E-state index in [0.717, 1.165) is 55.8 Å². The molecule has 1 aliphatic rings. The average Bonchev–Trinajstić information content (AvgIpc) is 3.53. The summed E-state index contributed by atoms with van der Waals surface area (Å²) in [5, 5.41) is 52.9. The second-order valence-corrected chi connectivity index (χ2v) is 10.3. The van der Waals surface area contributed by atoms with Gasteiger partial charge in [0.05, 0.1) is 14.2 Å². The number of carbonyl (C=O) groups excluding carboxylic acids is 2. The number of hydrogen-bond donors (Lipinski definition) is 6. The van der Waals surface area contributed by atoms with E-state index in [0.29, 0.717) is 0 Å². The van der Waals surface area contributed by atoms with E-state index < -0.39 is 45.8 Å². The lowest BCUT2D eigenvalue weighted by Gasteiger charge is -2.34. The van der Waals surface area contributed by atoms with Gasteiger partial charge >= 0.3 is 11.9 Å². The fraction of sp³-hybridized carbons (Fsp3) is 0.312. The third kappa shape index (κ3) is 6.86. The molecule has 1 saturated heterocycles. The largest absolute Gasteiger partial charge is 0.497 e. The van der Waals surface area contributed by atoms with Gasteiger partial charge in [-0.1, -0.05) is 12.1 Å². The van der Waals surface area contributed by atoms with Crippen LogP contribution in [0.3, 0.4) is 0 Å². The van der Waals surface area contributed by atoms with Crippen molar-refractivity contribution in [3.63, 3.8) is 0 Å². The maximum absolute atomic E-state index is 12.8. The predicted molar refractivity (Wildman–Crippen MR) is 157 cm³/mol. The van der Waals surface area contributed by atoms with Crippen molar-refractivity contribution in [1.29, 1.82) is 0 Å². The number of ketones is 2. The minimum absolute atomic E-state index is 0.00243. The minimum Gasteiger partial charge on any atom is -0.497 e. The zero-order valence-electron chi connectivity index (χ0n) is 24.5. The molecule has 0 aliphatic carbocycles. The summed E-state index contributed by atoms with van der Waals surface area (Å²) in [6.07, 6.45) is 1.75. The van der Waals surface area contributed by atoms with Crippen LogP contribution < -0.4 is 14.8 Å². The van der Waals surface area contributed by atoms with Crippen molar-refractivity contribution in [3.8, 4) is 11.5 Å². The second kappa shape index (κ2) is 14.4. The summed E-state index contributed by atoms with van der Waals surface area (Å²) >= 11 is 0. The highest BCUT2D eigenvalue weighted by Gasteiger charge is 2.69. The van der Waals surface area contributed by atoms with Gasteiger partial charge in [0.25, 0.3) is 11.2 Å². The second-order valence-electron chi connectivity index (χ2n) is 10.3. The van der Waals surface area contributed by atoms with E-state index in [-0.39, 0.29) is 29.3 Å². The van der Waals surface area contributed by atoms with Crippen LogP contribution in [0.4, 0.5) is 4.39 Å². The lowest BCUT2D eigenvalue weighted by molar-refractivity contribution is -0.187. The lowest BCUT2D eigenvalue weighted by Crippen LogP contribution is -2.71. The molecule has 4 rings (SSSR count). The number of benzene rings is 3. The van der Waals surface area contributed by atoms with Crippen molar-refractivity contribution in [3.05, 3.63) is 95.3 Å². The Labute approximate surface area is 257 Å². The zero-order chi connectivity index (χ0) is 33.4. The molecule has 0 radical (unpaired) electrons. The van der Waals surface area contributed by atoms with Gasteiger partial charge in [0.2, 0.25) is 11.6 Å². The van der Waals surface area contributed by atoms with Crippen molar-refractivity contribution < 1.29 is 58.6 Å². The van der Waals surface area contributed by atoms with Crippen molar-refractivity contribution in [1.82, 2.24) is 5.32 Å². The molecule has 240 valence electrons. The van der Waals surface area contributed by atoms with Gasteiger partial charge in [-0.25, -0.2) is 14.0 Å². The van der Waals surface area contributed by atoms with E-state index in [1.165, 1.54) is 50.6 Å². The van der Waals surface area contributed by atoms with Gasteiger partial charge in [0, 0.05) is 29.7 Å². The maximum Gasteiger partial charge on any atom is 0.348 e. The number of carboxylic acids is 2. The minimum atomic E-state index is -4.04. The summed E-state index contributed by atoms with van der Waals surface area (Å²) in [7, 11) is 2.67. The topological polar surface area (TPSA) is 200 Å². The molecule has 3 atom stereocenters. The van der Waals surface area contributed by atoms with Crippen LogP contribution in [0.25, 0.3) is 0 Å². The number of carboxylic acid groups (broad SMARTS) is 2. The number of ether oxygens (including phenoxy) is 2. The number of aliphatic hydroxyl groups excluding tert-OH is 1. The molecule has 6 N–H and O–H groups in total. The van der Waals surface area contributed by atoms with E-state index in [2.05, 4.69) is 5.32 Å². The van der Waals surface area contributed by atoms with Crippen LogP contribution in [-0.2, 0) is 15.0 Å². The Bertz CT molecular complexity index is 1420. The number of carbonyl (C=O) groups is 4. The van der Waals surface area contributed by atoms with E-state index in [4.69, 9.17) is 14.6 Å². The Hall–Kier alpha value is -4.69. The number of nitrogens with one attached hydrogen (secondary N) is 1. The molecule has 1 unspecified atom stereocenters. The Balaban J connectivity index is 0.000000305. The quantitative estimate of drug-likeness (QED) is 0.126. The van der Waals surface area contributed by atoms with Gasteiger partial charge in [0.1, 0.15) is 17.3 Å². The van der Waals surface area contributed by atoms with Crippen LogP contribution in [-0.4, -0.2) is 94.2 Å². The van der Waals surface area contributed by atoms with Gasteiger partial charge < -0.3 is 40.3 Å². The van der Waals surface area contributed by atoms with Crippen LogP contribution in [0.2, 0.25) is 0 Å². The number of aliphatic hydroxyl groups is 3. The molecule has 45 heavy (non-hydrogen) atoms. The van der Waals surface area contributed by atoms with Gasteiger partial charge in [0.15, 0.2) is 0 Å². The standard InChI is InChI=1S/C20H18O10.C12H16FNO/c1-29-13-7-3-11(4-8-13)15(21)19(27,17(23)24)20(28,18(25)26)16(22)12-5-9-14(30-2)10-6-12;13-11-3-1-10(2-4-11)12(6-8-15)5-7-14-9-12/h3-10,27-28H,1-2H3,(H,23,24)(H,25,26);1-4,14-15H,5-9H2/t19-,20-;/m1./s1. The molecule has 3 aromatic carbocycles. The van der Waals surface area contributed by atoms with Crippen LogP contribution in [0, 0.1) is 5.82 Å². The molecular formula is C32H34FNO11. The molecule has 0 aromatic heterocycles. The monoisotopic (exact) mass is 627 g/mol. The summed E-state index contributed by atoms with van der Waals surface area (Å²) < 4.78 is 22.6. The van der Waals surface area contributed by atoms with Crippen LogP contribution in [0.15, 0.2) is 72.8 Å². The van der Waals surface area contributed by atoms with Gasteiger partial charge in [-0.3, -0.25) is 9.59 Å². The number of methoxy groups -OCH3 is 2. The number of rotatable bonds is 12. The molecule has 0 spiro atoms. The van der Waals surface area contributed by atoms with E-state index >= 15 is 0 Å². The van der Waals surface area contributed by atoms with Gasteiger partial charge in [-0.15, -0.1) is 0 Å². The molecule has 12 nitrogen and oxygen atoms in total. The molecular weight excluding hydrogens is 593 g/mol. The molecule has 0 saturated carbocycles. The molecule has 13 heteroatoms. The summed E-state index contributed by atoms with van der Waals surface area (Å²) in [4.78, 5) is 49.4. The zero-order valence-corrected chi connectivity index (χ0v) is 24.5. The number of Topliss-reactive ketones (excluding diaryl/α,β-unsaturated/α-hetero) is 2. The highest BCUT2D eigenvalue weighted by molar-refractivity contribution is 6.28. The first kappa shape index (κ1) is 34.8. The fourth-order valence-electron chi connectivity index (χ4n) is 5.10. The fourth-order valence-corrected chi connectivity index (χ4v) is 5.10. The molecule has 0 bridgehead atoms. The van der Waals surface area contributed by atoms with Crippen molar-refractivity contribution in [2.75, 3.05) is 33.9 Å². The summed E-state index contributed by atoms with van der Waals surface area (Å²) in [6, 6.07) is 15.9. The first-order valence-electron chi connectivity index (χ1n) is 13.7. The van der Waals surface area contributed by atoms with E-state index in [1.807, 2.05) is 12.1 Å². The third-order valence-electron chi connectivity index (χ3n) is 7.79. The summed E-state index contributed by atoms with van der Waals surface area (Å²) in [6.45, 7) is 2.02. The molecule has 0 amide bonds. The normalized spacial score (nSPS) is 18.4. The third-order valence-corrected chi connectivity index (χ3v) is 7.79. The summed E-state index contributed by atoms with van der Waals surface area (Å²) in [5.41, 5.74) is -7.88. The maximum atomic E-state index is 12.8. The molecule has 1 fully saturated rings. The highest BCUT2D eigenvalue weighted by atomic mass is 19.1. The lowest BCUT2D eigenvalue weighted by atomic mass is 9.73. The predicted octanol–water partition coefficient (Wildman–Crippen LogP) is 1.84. The van der Waals surface area contributed by atoms with Gasteiger partial charge in [-0.2, -0.15) is 0 Å². The van der Waals surface area contributed by atoms with Crippen molar-refractivity contribution >= 4 is 23.5 Å². The first-order chi connectivity index (χ1) is 21.3. The van der Waals surface area contributed by atoms with E-state index in [9.17, 15) is 44.0 Å². The smallest absolute Gasteiger partial charge is 0.348 e. The Morgan fingerprint density at radius 3 is 1.51 bits per heavy atom. The first-order valence-corrected chi connectivity index (χ1v) is 13.7. The molecule has 1 aliphatic heterocycles. The van der Waals surface area contributed by atoms with Crippen LogP contribution >= 0.6 is 0 Å². The molecule has 3 aromatic rings. The summed E-state index contributed by atoms with van der Waals surface area (Å²) in [5.74, 6) is -7.88. The Morgan fingerprint density at radius 1 is 0.778 bits per heavy atom. The number of halogens is 1. The van der Waals surface area contributed by atoms with Crippen molar-refractivity contribution in [2.45, 2.75) is 29.5 Å². The number of aliphatic carboxylic acids is 2. The van der Waals surface area contributed by atoms with Crippen molar-refractivity contribution in [2.24, 2.45) is 0 Å². The SMILES string of the molecule is COc1ccc(C(=O)[C@@](O)(C(=O)O)[C@](O)(C(=O)O)C(=O)c2ccc(OC)cc2)cc1.OCCC1(c2ccc(F)cc2)CCNC1. The molecule has 1 heterocycles. The van der Waals surface area contributed by atoms with Crippen LogP contribution in [0.5, 0.6) is 11.5 Å². The van der Waals surface area contributed by atoms with E-state index in [1.54, 1.807) is 0 Å². The van der Waals surface area contributed by atoms with Gasteiger partial charge in [-0.05, 0) is 85.6 Å². The van der Waals surface area contributed by atoms with Crippen LogP contribution in [0.1, 0.15) is 39.1 Å². The highest BCUT2D eigenvalue weighted by Crippen LogP contribution is 2.34. The number of hydrogen-bond acceptors (Lipinski definition) is 10. The Morgan fingerprint density at radius 2 is 1.20 bits per heavy atom. The Kier molecular flexibility index (Phi) is 11.1.